The summed E-state index contributed by atoms with van der Waals surface area (Å²) in [7, 11) is -1.24. The first-order valence-electron chi connectivity index (χ1n) is 6.46. The Kier molecular flexibility index (Phi) is 3.84. The molecule has 1 aliphatic heterocycles. The van der Waals surface area contributed by atoms with Crippen molar-refractivity contribution < 1.29 is 0 Å². The summed E-state index contributed by atoms with van der Waals surface area (Å²) in [5.74, 6) is 2.54. The van der Waals surface area contributed by atoms with Gasteiger partial charge in [-0.1, -0.05) is 0 Å². The van der Waals surface area contributed by atoms with Gasteiger partial charge in [0.1, 0.15) is 0 Å². The van der Waals surface area contributed by atoms with Crippen molar-refractivity contribution >= 4 is 7.26 Å². The summed E-state index contributed by atoms with van der Waals surface area (Å²) in [5, 5.41) is 0. The summed E-state index contributed by atoms with van der Waals surface area (Å²) in [6.45, 7) is 6.90. The Morgan fingerprint density at radius 1 is 1.12 bits per heavy atom. The van der Waals surface area contributed by atoms with Crippen LogP contribution in [0.2, 0.25) is 0 Å². The van der Waals surface area contributed by atoms with E-state index in [0.29, 0.717) is 0 Å². The van der Waals surface area contributed by atoms with Crippen LogP contribution in [-0.2, 0) is 6.16 Å². The standard InChI is InChI=1S/C16H23P/c1-14-5-4-11-17(3,12-10-14)13-16-8-6-15(2)7-9-16/h4,6-11,17H,5,12-13H2,1-3H3. The van der Waals surface area contributed by atoms with Gasteiger partial charge in [-0.15, -0.1) is 0 Å². The Balaban J connectivity index is 2.14. The van der Waals surface area contributed by atoms with E-state index in [2.05, 4.69) is 62.7 Å². The van der Waals surface area contributed by atoms with Gasteiger partial charge in [0.05, 0.1) is 0 Å². The van der Waals surface area contributed by atoms with E-state index in [1.807, 2.05) is 0 Å². The average molecular weight is 246 g/mol. The van der Waals surface area contributed by atoms with Gasteiger partial charge in [0.15, 0.2) is 0 Å². The SMILES string of the molecule is CC1=CC[PH](C)(Cc2ccc(C)cc2)C=CC1. The summed E-state index contributed by atoms with van der Waals surface area (Å²) in [4.78, 5) is 0. The van der Waals surface area contributed by atoms with E-state index in [1.54, 1.807) is 0 Å². The molecule has 0 N–H and O–H groups in total. The Labute approximate surface area is 106 Å². The fourth-order valence-electron chi connectivity index (χ4n) is 2.39. The molecule has 1 aliphatic rings. The number of rotatable bonds is 2. The quantitative estimate of drug-likeness (QED) is 0.522. The molecule has 0 unspecified atom stereocenters. The minimum absolute atomic E-state index is 1.15. The zero-order chi connectivity index (χ0) is 12.3. The van der Waals surface area contributed by atoms with Crippen LogP contribution in [0.4, 0.5) is 0 Å². The molecule has 0 spiro atoms. The van der Waals surface area contributed by atoms with E-state index >= 15 is 0 Å². The van der Waals surface area contributed by atoms with Crippen LogP contribution in [0.1, 0.15) is 24.5 Å². The Morgan fingerprint density at radius 2 is 1.82 bits per heavy atom. The molecule has 0 aliphatic carbocycles. The Morgan fingerprint density at radius 3 is 2.53 bits per heavy atom. The normalized spacial score (nSPS) is 20.5. The van der Waals surface area contributed by atoms with Crippen molar-refractivity contribution in [2.75, 3.05) is 12.8 Å². The van der Waals surface area contributed by atoms with Crippen LogP contribution in [0.3, 0.4) is 0 Å². The molecule has 1 aromatic rings. The molecule has 0 saturated carbocycles. The molecular weight excluding hydrogens is 223 g/mol. The average Bonchev–Trinajstić information content (AvgIpc) is 2.45. The summed E-state index contributed by atoms with van der Waals surface area (Å²) in [6.07, 6.45) is 8.56. The minimum atomic E-state index is -1.24. The van der Waals surface area contributed by atoms with Crippen molar-refractivity contribution in [3.63, 3.8) is 0 Å². The number of hydrogen-bond donors (Lipinski definition) is 0. The second-order valence-electron chi connectivity index (χ2n) is 5.68. The fourth-order valence-corrected chi connectivity index (χ4v) is 5.46. The number of aryl methyl sites for hydroxylation is 1. The summed E-state index contributed by atoms with van der Waals surface area (Å²) >= 11 is 0. The van der Waals surface area contributed by atoms with Gasteiger partial charge >= 0.3 is 105 Å². The van der Waals surface area contributed by atoms with Crippen molar-refractivity contribution in [2.24, 2.45) is 0 Å². The van der Waals surface area contributed by atoms with E-state index in [1.165, 1.54) is 29.0 Å². The van der Waals surface area contributed by atoms with E-state index in [9.17, 15) is 0 Å². The first-order valence-corrected chi connectivity index (χ1v) is 9.45. The second-order valence-corrected chi connectivity index (χ2v) is 10.1. The molecule has 1 heteroatoms. The van der Waals surface area contributed by atoms with Gasteiger partial charge in [-0.25, -0.2) is 0 Å². The Bertz CT molecular complexity index is 439. The molecule has 1 heterocycles. The van der Waals surface area contributed by atoms with E-state index in [4.69, 9.17) is 0 Å². The summed E-state index contributed by atoms with van der Waals surface area (Å²) in [5.41, 5.74) is 4.39. The van der Waals surface area contributed by atoms with Crippen LogP contribution in [0.25, 0.3) is 0 Å². The van der Waals surface area contributed by atoms with Crippen LogP contribution in [0, 0.1) is 6.92 Å². The van der Waals surface area contributed by atoms with Crippen LogP contribution in [-0.4, -0.2) is 12.8 Å². The van der Waals surface area contributed by atoms with Gasteiger partial charge in [-0.2, -0.15) is 0 Å². The van der Waals surface area contributed by atoms with Gasteiger partial charge in [-0.05, 0) is 0 Å². The van der Waals surface area contributed by atoms with Crippen molar-refractivity contribution in [2.45, 2.75) is 26.4 Å². The maximum atomic E-state index is 2.54. The molecular formula is C16H23P. The first kappa shape index (κ1) is 12.6. The summed E-state index contributed by atoms with van der Waals surface area (Å²) in [6, 6.07) is 9.05. The van der Waals surface area contributed by atoms with Gasteiger partial charge < -0.3 is 0 Å². The Hall–Kier alpha value is -0.870. The van der Waals surface area contributed by atoms with Gasteiger partial charge in [0.25, 0.3) is 0 Å². The topological polar surface area (TPSA) is 0 Å². The third-order valence-electron chi connectivity index (χ3n) is 3.61. The molecule has 0 radical (unpaired) electrons. The van der Waals surface area contributed by atoms with Crippen molar-refractivity contribution in [3.05, 3.63) is 58.9 Å². The zero-order valence-corrected chi connectivity index (χ0v) is 12.2. The predicted molar refractivity (Wildman–Crippen MR) is 81.5 cm³/mol. The third-order valence-corrected chi connectivity index (χ3v) is 7.00. The molecule has 0 saturated heterocycles. The van der Waals surface area contributed by atoms with Crippen molar-refractivity contribution in [3.8, 4) is 0 Å². The number of benzene rings is 1. The summed E-state index contributed by atoms with van der Waals surface area (Å²) < 4.78 is 0. The van der Waals surface area contributed by atoms with E-state index in [0.717, 1.165) is 6.42 Å². The maximum absolute atomic E-state index is 2.54. The monoisotopic (exact) mass is 246 g/mol. The molecule has 2 rings (SSSR count). The van der Waals surface area contributed by atoms with Crippen LogP contribution in [0.15, 0.2) is 47.8 Å². The van der Waals surface area contributed by atoms with Crippen LogP contribution < -0.4 is 0 Å². The molecule has 0 aromatic heterocycles. The van der Waals surface area contributed by atoms with Crippen LogP contribution in [0.5, 0.6) is 0 Å². The third kappa shape index (κ3) is 3.54. The van der Waals surface area contributed by atoms with Gasteiger partial charge in [-0.3, -0.25) is 0 Å². The van der Waals surface area contributed by atoms with E-state index < -0.39 is 7.26 Å². The van der Waals surface area contributed by atoms with E-state index in [-0.39, 0.29) is 0 Å². The molecule has 1 aromatic carbocycles. The number of allylic oxidation sites excluding steroid dienone is 3. The van der Waals surface area contributed by atoms with Crippen LogP contribution >= 0.6 is 7.26 Å². The van der Waals surface area contributed by atoms with Crippen molar-refractivity contribution in [1.82, 2.24) is 0 Å². The zero-order valence-electron chi connectivity index (χ0n) is 11.2. The molecule has 92 valence electrons. The van der Waals surface area contributed by atoms with Gasteiger partial charge in [0, 0.05) is 0 Å². The molecule has 0 atom stereocenters. The molecule has 0 nitrogen and oxygen atoms in total. The predicted octanol–water partition coefficient (Wildman–Crippen LogP) is 4.74. The molecule has 0 fully saturated rings. The first-order chi connectivity index (χ1) is 8.07. The molecule has 0 amide bonds. The molecule has 17 heavy (non-hydrogen) atoms. The van der Waals surface area contributed by atoms with Gasteiger partial charge in [0.2, 0.25) is 0 Å². The fraction of sp³-hybridized carbons (Fsp3) is 0.375. The molecule has 0 bridgehead atoms. The van der Waals surface area contributed by atoms with Crippen molar-refractivity contribution in [1.29, 1.82) is 0 Å². The second kappa shape index (κ2) is 5.19. The number of hydrogen-bond acceptors (Lipinski definition) is 0.